The molecule has 2 unspecified atom stereocenters. The highest BCUT2D eigenvalue weighted by Gasteiger charge is 2.14. The number of hydrogen-bond acceptors (Lipinski definition) is 5. The van der Waals surface area contributed by atoms with Crippen molar-refractivity contribution in [1.29, 1.82) is 0 Å². The molecule has 0 saturated heterocycles. The van der Waals surface area contributed by atoms with Crippen LogP contribution >= 0.6 is 0 Å². The molecular weight excluding hydrogens is 258 g/mol. The van der Waals surface area contributed by atoms with Crippen molar-refractivity contribution in [3.05, 3.63) is 23.8 Å². The molecule has 0 amide bonds. The molecule has 0 aliphatic heterocycles. The lowest BCUT2D eigenvalue weighted by molar-refractivity contribution is 0.0722. The lowest BCUT2D eigenvalue weighted by atomic mass is 10.1. The smallest absolute Gasteiger partial charge is 0.124 e. The van der Waals surface area contributed by atoms with E-state index >= 15 is 0 Å². The molecule has 5 nitrogen and oxygen atoms in total. The van der Waals surface area contributed by atoms with Crippen molar-refractivity contribution in [3.8, 4) is 11.5 Å². The largest absolute Gasteiger partial charge is 0.497 e. The van der Waals surface area contributed by atoms with E-state index < -0.39 is 6.10 Å². The summed E-state index contributed by atoms with van der Waals surface area (Å²) >= 11 is 0. The fourth-order valence-corrected chi connectivity index (χ4v) is 1.98. The lowest BCUT2D eigenvalue weighted by Gasteiger charge is -2.18. The van der Waals surface area contributed by atoms with Crippen LogP contribution in [0, 0.1) is 0 Å². The number of nitrogens with one attached hydrogen (secondary N) is 1. The Balaban J connectivity index is 2.59. The molecular formula is C15H25NO4. The van der Waals surface area contributed by atoms with E-state index in [0.717, 1.165) is 0 Å². The second-order valence-corrected chi connectivity index (χ2v) is 4.55. The van der Waals surface area contributed by atoms with Gasteiger partial charge in [0.25, 0.3) is 0 Å². The summed E-state index contributed by atoms with van der Waals surface area (Å²) in [4.78, 5) is 0. The summed E-state index contributed by atoms with van der Waals surface area (Å²) < 4.78 is 15.9. The van der Waals surface area contributed by atoms with E-state index in [-0.39, 0.29) is 6.10 Å². The number of benzene rings is 1. The maximum atomic E-state index is 10.3. The van der Waals surface area contributed by atoms with Gasteiger partial charge >= 0.3 is 0 Å². The summed E-state index contributed by atoms with van der Waals surface area (Å²) in [6.07, 6.45) is -0.534. The van der Waals surface area contributed by atoms with Gasteiger partial charge in [0.2, 0.25) is 0 Å². The molecule has 0 radical (unpaired) electrons. The molecule has 2 atom stereocenters. The van der Waals surface area contributed by atoms with Gasteiger partial charge in [-0.15, -0.1) is 0 Å². The van der Waals surface area contributed by atoms with Crippen molar-refractivity contribution >= 4 is 0 Å². The quantitative estimate of drug-likeness (QED) is 0.723. The fraction of sp³-hybridized carbons (Fsp3) is 0.600. The zero-order valence-electron chi connectivity index (χ0n) is 12.7. The van der Waals surface area contributed by atoms with Crippen molar-refractivity contribution in [2.45, 2.75) is 26.1 Å². The third-order valence-corrected chi connectivity index (χ3v) is 3.02. The Morgan fingerprint density at radius 2 is 1.95 bits per heavy atom. The maximum Gasteiger partial charge on any atom is 0.124 e. The number of methoxy groups -OCH3 is 2. The van der Waals surface area contributed by atoms with Crippen molar-refractivity contribution in [1.82, 2.24) is 5.32 Å². The van der Waals surface area contributed by atoms with Gasteiger partial charge in [-0.05, 0) is 32.0 Å². The van der Waals surface area contributed by atoms with Gasteiger partial charge in [0, 0.05) is 25.3 Å². The van der Waals surface area contributed by atoms with Gasteiger partial charge in [-0.1, -0.05) is 0 Å². The van der Waals surface area contributed by atoms with Crippen LogP contribution in [0.1, 0.15) is 25.5 Å². The molecule has 0 bridgehead atoms. The second-order valence-electron chi connectivity index (χ2n) is 4.55. The van der Waals surface area contributed by atoms with Gasteiger partial charge < -0.3 is 24.6 Å². The monoisotopic (exact) mass is 283 g/mol. The molecule has 5 heteroatoms. The maximum absolute atomic E-state index is 10.3. The highest BCUT2D eigenvalue weighted by atomic mass is 16.5. The third-order valence-electron chi connectivity index (χ3n) is 3.02. The van der Waals surface area contributed by atoms with Crippen LogP contribution in [0.2, 0.25) is 0 Å². The molecule has 114 valence electrons. The predicted octanol–water partition coefficient (Wildman–Crippen LogP) is 1.75. The van der Waals surface area contributed by atoms with Gasteiger partial charge in [0.05, 0.1) is 26.4 Å². The number of aliphatic hydroxyl groups is 1. The minimum atomic E-state index is -0.658. The first-order chi connectivity index (χ1) is 9.62. The Bertz CT molecular complexity index is 397. The van der Waals surface area contributed by atoms with E-state index in [1.807, 2.05) is 13.8 Å². The standard InChI is InChI=1S/C15H25NO4/c1-5-20-11(2)9-16-10-14(17)13-8-12(18-3)6-7-15(13)19-4/h6-8,11,14,16-17H,5,9-10H2,1-4H3. The Morgan fingerprint density at radius 3 is 2.55 bits per heavy atom. The summed E-state index contributed by atoms with van der Waals surface area (Å²) in [5, 5.41) is 13.4. The molecule has 0 aromatic heterocycles. The Hall–Kier alpha value is -1.30. The zero-order chi connectivity index (χ0) is 15.0. The molecule has 0 aliphatic carbocycles. The molecule has 0 fully saturated rings. The molecule has 1 aromatic rings. The van der Waals surface area contributed by atoms with Gasteiger partial charge in [-0.3, -0.25) is 0 Å². The van der Waals surface area contributed by atoms with Crippen LogP contribution in [0.25, 0.3) is 0 Å². The van der Waals surface area contributed by atoms with Crippen LogP contribution in [0.3, 0.4) is 0 Å². The SMILES string of the molecule is CCOC(C)CNCC(O)c1cc(OC)ccc1OC. The van der Waals surface area contributed by atoms with E-state index in [0.29, 0.717) is 36.8 Å². The lowest BCUT2D eigenvalue weighted by Crippen LogP contribution is -2.30. The normalized spacial score (nSPS) is 13.8. The van der Waals surface area contributed by atoms with Crippen LogP contribution in [-0.2, 0) is 4.74 Å². The van der Waals surface area contributed by atoms with Gasteiger partial charge in [-0.25, -0.2) is 0 Å². The fourth-order valence-electron chi connectivity index (χ4n) is 1.98. The van der Waals surface area contributed by atoms with Crippen LogP contribution in [0.4, 0.5) is 0 Å². The first-order valence-corrected chi connectivity index (χ1v) is 6.84. The Labute approximate surface area is 120 Å². The molecule has 1 aromatic carbocycles. The topological polar surface area (TPSA) is 60.0 Å². The highest BCUT2D eigenvalue weighted by Crippen LogP contribution is 2.28. The van der Waals surface area contributed by atoms with Crippen molar-refractivity contribution in [3.63, 3.8) is 0 Å². The molecule has 20 heavy (non-hydrogen) atoms. The average molecular weight is 283 g/mol. The average Bonchev–Trinajstić information content (AvgIpc) is 2.46. The summed E-state index contributed by atoms with van der Waals surface area (Å²) in [7, 11) is 3.18. The zero-order valence-corrected chi connectivity index (χ0v) is 12.7. The van der Waals surface area contributed by atoms with Crippen LogP contribution in [-0.4, -0.2) is 45.1 Å². The van der Waals surface area contributed by atoms with Crippen LogP contribution in [0.5, 0.6) is 11.5 Å². The van der Waals surface area contributed by atoms with E-state index in [1.54, 1.807) is 32.4 Å². The summed E-state index contributed by atoms with van der Waals surface area (Å²) in [6, 6.07) is 5.39. The van der Waals surface area contributed by atoms with Gasteiger partial charge in [-0.2, -0.15) is 0 Å². The Kier molecular flexibility index (Phi) is 7.36. The number of rotatable bonds is 9. The second kappa shape index (κ2) is 8.79. The summed E-state index contributed by atoms with van der Waals surface area (Å²) in [5.74, 6) is 1.35. The third kappa shape index (κ3) is 5.00. The number of ether oxygens (including phenoxy) is 3. The van der Waals surface area contributed by atoms with E-state index in [1.165, 1.54) is 0 Å². The molecule has 0 aliphatic rings. The molecule has 0 saturated carbocycles. The number of aliphatic hydroxyl groups excluding tert-OH is 1. The first-order valence-electron chi connectivity index (χ1n) is 6.84. The van der Waals surface area contributed by atoms with E-state index in [2.05, 4.69) is 5.32 Å². The molecule has 0 spiro atoms. The predicted molar refractivity (Wildman–Crippen MR) is 78.5 cm³/mol. The molecule has 2 N–H and O–H groups in total. The minimum absolute atomic E-state index is 0.124. The first kappa shape index (κ1) is 16.8. The summed E-state index contributed by atoms with van der Waals surface area (Å²) in [5.41, 5.74) is 0.711. The molecule has 1 rings (SSSR count). The highest BCUT2D eigenvalue weighted by molar-refractivity contribution is 5.41. The van der Waals surface area contributed by atoms with Crippen molar-refractivity contribution in [2.24, 2.45) is 0 Å². The van der Waals surface area contributed by atoms with Crippen molar-refractivity contribution in [2.75, 3.05) is 33.9 Å². The minimum Gasteiger partial charge on any atom is -0.497 e. The van der Waals surface area contributed by atoms with E-state index in [9.17, 15) is 5.11 Å². The molecule has 0 heterocycles. The summed E-state index contributed by atoms with van der Waals surface area (Å²) in [6.45, 7) is 5.77. The van der Waals surface area contributed by atoms with Crippen LogP contribution in [0.15, 0.2) is 18.2 Å². The van der Waals surface area contributed by atoms with Gasteiger partial charge in [0.1, 0.15) is 11.5 Å². The number of hydrogen-bond donors (Lipinski definition) is 2. The Morgan fingerprint density at radius 1 is 1.20 bits per heavy atom. The van der Waals surface area contributed by atoms with Crippen LogP contribution < -0.4 is 14.8 Å². The van der Waals surface area contributed by atoms with E-state index in [4.69, 9.17) is 14.2 Å². The van der Waals surface area contributed by atoms with Crippen molar-refractivity contribution < 1.29 is 19.3 Å². The van der Waals surface area contributed by atoms with Gasteiger partial charge in [0.15, 0.2) is 0 Å².